The van der Waals surface area contributed by atoms with E-state index >= 15 is 0 Å². The molecule has 1 atom stereocenters. The zero-order valence-corrected chi connectivity index (χ0v) is 12.5. The summed E-state index contributed by atoms with van der Waals surface area (Å²) in [5, 5.41) is 0. The molecule has 1 rings (SSSR count). The van der Waals surface area contributed by atoms with Crippen LogP contribution in [0.2, 0.25) is 0 Å². The first kappa shape index (κ1) is 16.2. The Morgan fingerprint density at radius 1 is 1.05 bits per heavy atom. The van der Waals surface area contributed by atoms with E-state index in [1.54, 1.807) is 24.3 Å². The van der Waals surface area contributed by atoms with Gasteiger partial charge in [0.15, 0.2) is 0 Å². The summed E-state index contributed by atoms with van der Waals surface area (Å²) in [4.78, 5) is 24.0. The van der Waals surface area contributed by atoms with Crippen molar-refractivity contribution in [1.29, 1.82) is 0 Å². The van der Waals surface area contributed by atoms with Crippen molar-refractivity contribution in [3.8, 4) is 0 Å². The third-order valence-corrected chi connectivity index (χ3v) is 2.80. The number of hydrogen-bond donors (Lipinski definition) is 0. The Hall–Kier alpha value is -1.84. The van der Waals surface area contributed by atoms with Gasteiger partial charge in [-0.25, -0.2) is 9.59 Å². The maximum absolute atomic E-state index is 12.0. The second kappa shape index (κ2) is 7.68. The van der Waals surface area contributed by atoms with E-state index in [1.807, 2.05) is 27.7 Å². The fourth-order valence-electron chi connectivity index (χ4n) is 1.49. The molecule has 0 spiro atoms. The number of carbonyl (C=O) groups excluding carboxylic acids is 2. The summed E-state index contributed by atoms with van der Waals surface area (Å²) in [7, 11) is 0. The third kappa shape index (κ3) is 4.68. The van der Waals surface area contributed by atoms with Gasteiger partial charge in [0.1, 0.15) is 0 Å². The Balaban J connectivity index is 2.87. The van der Waals surface area contributed by atoms with Crippen LogP contribution in [-0.4, -0.2) is 24.6 Å². The van der Waals surface area contributed by atoms with Crippen LogP contribution in [0.1, 0.15) is 54.8 Å². The van der Waals surface area contributed by atoms with Crippen molar-refractivity contribution in [2.45, 2.75) is 40.2 Å². The van der Waals surface area contributed by atoms with Gasteiger partial charge in [0, 0.05) is 0 Å². The molecule has 0 saturated heterocycles. The number of esters is 2. The summed E-state index contributed by atoms with van der Waals surface area (Å²) in [5.41, 5.74) is 0.503. The molecule has 4 nitrogen and oxygen atoms in total. The van der Waals surface area contributed by atoms with Crippen LogP contribution < -0.4 is 0 Å². The predicted octanol–water partition coefficient (Wildman–Crippen LogP) is 3.45. The van der Waals surface area contributed by atoms with E-state index in [1.165, 1.54) is 0 Å². The average molecular weight is 278 g/mol. The monoisotopic (exact) mass is 278 g/mol. The van der Waals surface area contributed by atoms with Gasteiger partial charge in [-0.3, -0.25) is 0 Å². The quantitative estimate of drug-likeness (QED) is 0.748. The van der Waals surface area contributed by atoms with Gasteiger partial charge in [0.25, 0.3) is 0 Å². The van der Waals surface area contributed by atoms with Crippen LogP contribution in [0.4, 0.5) is 0 Å². The number of benzene rings is 1. The molecular formula is C16H22O4. The minimum absolute atomic E-state index is 0.178. The van der Waals surface area contributed by atoms with Crippen molar-refractivity contribution in [1.82, 2.24) is 0 Å². The summed E-state index contributed by atoms with van der Waals surface area (Å²) in [6.45, 7) is 7.98. The highest BCUT2D eigenvalue weighted by Crippen LogP contribution is 2.14. The number of carbonyl (C=O) groups is 2. The minimum Gasteiger partial charge on any atom is -0.462 e. The molecule has 20 heavy (non-hydrogen) atoms. The summed E-state index contributed by atoms with van der Waals surface area (Å²) in [5.74, 6) is -0.731. The van der Waals surface area contributed by atoms with Crippen LogP contribution in [-0.2, 0) is 9.47 Å². The number of rotatable bonds is 6. The van der Waals surface area contributed by atoms with E-state index in [9.17, 15) is 9.59 Å². The molecule has 0 aliphatic carbocycles. The largest absolute Gasteiger partial charge is 0.462 e. The van der Waals surface area contributed by atoms with Gasteiger partial charge >= 0.3 is 11.9 Å². The first-order valence-corrected chi connectivity index (χ1v) is 6.92. The van der Waals surface area contributed by atoms with Gasteiger partial charge in [-0.05, 0) is 31.4 Å². The molecule has 1 unspecified atom stereocenters. The lowest BCUT2D eigenvalue weighted by molar-refractivity contribution is 0.0318. The molecule has 0 amide bonds. The lowest BCUT2D eigenvalue weighted by Crippen LogP contribution is -2.19. The predicted molar refractivity (Wildman–Crippen MR) is 76.7 cm³/mol. The van der Waals surface area contributed by atoms with E-state index in [0.29, 0.717) is 6.61 Å². The molecule has 0 aliphatic rings. The van der Waals surface area contributed by atoms with E-state index in [4.69, 9.17) is 9.47 Å². The lowest BCUT2D eigenvalue weighted by Gasteiger charge is -2.13. The molecule has 110 valence electrons. The van der Waals surface area contributed by atoms with Crippen molar-refractivity contribution >= 4 is 11.9 Å². The Kier molecular flexibility index (Phi) is 6.22. The van der Waals surface area contributed by atoms with Crippen molar-refractivity contribution in [3.05, 3.63) is 35.4 Å². The van der Waals surface area contributed by atoms with Crippen LogP contribution in [0, 0.1) is 5.92 Å². The second-order valence-electron chi connectivity index (χ2n) is 5.16. The Bertz CT molecular complexity index is 465. The van der Waals surface area contributed by atoms with Crippen LogP contribution >= 0.6 is 0 Å². The lowest BCUT2D eigenvalue weighted by atomic mass is 10.1. The average Bonchev–Trinajstić information content (AvgIpc) is 2.44. The highest BCUT2D eigenvalue weighted by Gasteiger charge is 2.20. The van der Waals surface area contributed by atoms with Crippen LogP contribution in [0.25, 0.3) is 0 Å². The molecule has 0 radical (unpaired) electrons. The van der Waals surface area contributed by atoms with Gasteiger partial charge in [0.2, 0.25) is 0 Å². The van der Waals surface area contributed by atoms with Crippen molar-refractivity contribution < 1.29 is 19.1 Å². The first-order valence-electron chi connectivity index (χ1n) is 6.92. The molecule has 0 aromatic heterocycles. The maximum atomic E-state index is 12.0. The van der Waals surface area contributed by atoms with E-state index < -0.39 is 11.9 Å². The van der Waals surface area contributed by atoms with Crippen molar-refractivity contribution in [3.63, 3.8) is 0 Å². The molecule has 0 heterocycles. The second-order valence-corrected chi connectivity index (χ2v) is 5.16. The molecule has 1 aromatic rings. The van der Waals surface area contributed by atoms with Gasteiger partial charge in [0.05, 0.1) is 23.8 Å². The molecule has 0 saturated carbocycles. The van der Waals surface area contributed by atoms with Gasteiger partial charge in [-0.1, -0.05) is 32.9 Å². The summed E-state index contributed by atoms with van der Waals surface area (Å²) >= 11 is 0. The van der Waals surface area contributed by atoms with Gasteiger partial charge in [-0.2, -0.15) is 0 Å². The van der Waals surface area contributed by atoms with Gasteiger partial charge < -0.3 is 9.47 Å². The van der Waals surface area contributed by atoms with E-state index in [-0.39, 0.29) is 23.1 Å². The highest BCUT2D eigenvalue weighted by molar-refractivity contribution is 6.03. The molecule has 0 N–H and O–H groups in total. The van der Waals surface area contributed by atoms with E-state index in [0.717, 1.165) is 6.42 Å². The summed E-state index contributed by atoms with van der Waals surface area (Å²) < 4.78 is 10.4. The third-order valence-electron chi connectivity index (χ3n) is 2.80. The molecule has 0 fully saturated rings. The maximum Gasteiger partial charge on any atom is 0.339 e. The molecule has 0 bridgehead atoms. The fourth-order valence-corrected chi connectivity index (χ4v) is 1.49. The minimum atomic E-state index is -0.490. The molecule has 1 aromatic carbocycles. The Morgan fingerprint density at radius 3 is 2.10 bits per heavy atom. The topological polar surface area (TPSA) is 52.6 Å². The standard InChI is InChI=1S/C16H22O4/c1-5-12(4)20-16(18)14-9-7-6-8-13(14)15(17)19-10-11(2)3/h6-9,11-12H,5,10H2,1-4H3. The summed E-state index contributed by atoms with van der Waals surface area (Å²) in [6.07, 6.45) is 0.549. The van der Waals surface area contributed by atoms with Crippen LogP contribution in [0.3, 0.4) is 0 Å². The molecule has 4 heteroatoms. The number of hydrogen-bond acceptors (Lipinski definition) is 4. The molecule has 0 aliphatic heterocycles. The fraction of sp³-hybridized carbons (Fsp3) is 0.500. The zero-order valence-electron chi connectivity index (χ0n) is 12.5. The molecular weight excluding hydrogens is 256 g/mol. The summed E-state index contributed by atoms with van der Waals surface area (Å²) in [6, 6.07) is 6.56. The number of ether oxygens (including phenoxy) is 2. The zero-order chi connectivity index (χ0) is 15.1. The van der Waals surface area contributed by atoms with Crippen molar-refractivity contribution in [2.24, 2.45) is 5.92 Å². The highest BCUT2D eigenvalue weighted by atomic mass is 16.5. The van der Waals surface area contributed by atoms with Crippen molar-refractivity contribution in [2.75, 3.05) is 6.61 Å². The smallest absolute Gasteiger partial charge is 0.339 e. The Labute approximate surface area is 120 Å². The Morgan fingerprint density at radius 2 is 1.60 bits per heavy atom. The first-order chi connectivity index (χ1) is 9.45. The van der Waals surface area contributed by atoms with Gasteiger partial charge in [-0.15, -0.1) is 0 Å². The normalized spacial score (nSPS) is 12.1. The van der Waals surface area contributed by atoms with E-state index in [2.05, 4.69) is 0 Å². The van der Waals surface area contributed by atoms with Crippen LogP contribution in [0.5, 0.6) is 0 Å². The van der Waals surface area contributed by atoms with Crippen LogP contribution in [0.15, 0.2) is 24.3 Å². The SMILES string of the molecule is CCC(C)OC(=O)c1ccccc1C(=O)OCC(C)C.